The van der Waals surface area contributed by atoms with Gasteiger partial charge in [0.1, 0.15) is 0 Å². The third-order valence-electron chi connectivity index (χ3n) is 4.36. The third kappa shape index (κ3) is 12.9. The number of esters is 1. The molecule has 0 bridgehead atoms. The van der Waals surface area contributed by atoms with Crippen LogP contribution < -0.4 is 0 Å². The highest BCUT2D eigenvalue weighted by Gasteiger charge is 2.19. The second-order valence-electron chi connectivity index (χ2n) is 6.73. The van der Waals surface area contributed by atoms with Crippen molar-refractivity contribution in [1.29, 1.82) is 0 Å². The lowest BCUT2D eigenvalue weighted by molar-refractivity contribution is -0.143. The van der Waals surface area contributed by atoms with Crippen molar-refractivity contribution in [3.63, 3.8) is 0 Å². The van der Waals surface area contributed by atoms with Crippen molar-refractivity contribution < 1.29 is 9.53 Å². The molecule has 0 heterocycles. The molecule has 0 aromatic heterocycles. The molecule has 1 fully saturated rings. The molecule has 2 nitrogen and oxygen atoms in total. The van der Waals surface area contributed by atoms with Crippen LogP contribution in [0.5, 0.6) is 0 Å². The van der Waals surface area contributed by atoms with Gasteiger partial charge in [-0.15, -0.1) is 0 Å². The van der Waals surface area contributed by atoms with Gasteiger partial charge in [0.25, 0.3) is 0 Å². The first-order valence-corrected chi connectivity index (χ1v) is 9.63. The van der Waals surface area contributed by atoms with Crippen LogP contribution in [0.1, 0.15) is 96.8 Å². The first kappa shape index (κ1) is 19.3. The summed E-state index contributed by atoms with van der Waals surface area (Å²) in [5.41, 5.74) is 0. The summed E-state index contributed by atoms with van der Waals surface area (Å²) in [7, 11) is 0. The lowest BCUT2D eigenvalue weighted by Gasteiger charge is -2.04. The fourth-order valence-electron chi connectivity index (χ4n) is 2.64. The van der Waals surface area contributed by atoms with Crippen molar-refractivity contribution in [1.82, 2.24) is 0 Å². The highest BCUT2D eigenvalue weighted by atomic mass is 16.5. The largest absolute Gasteiger partial charge is 0.466 e. The molecule has 0 saturated heterocycles. The standard InChI is InChI=1S/C20H36O2/c1-2-3-4-5-6-7-8-9-12-15-20(21)22-18-13-10-11-14-19-16-17-19/h5-6,19H,2-4,7-18H2,1H3/b6-5-. The molecule has 0 aromatic rings. The molecular weight excluding hydrogens is 272 g/mol. The van der Waals surface area contributed by atoms with E-state index in [9.17, 15) is 4.79 Å². The number of hydrogen-bond acceptors (Lipinski definition) is 2. The van der Waals surface area contributed by atoms with Crippen LogP contribution in [0.25, 0.3) is 0 Å². The second kappa shape index (κ2) is 13.8. The topological polar surface area (TPSA) is 26.3 Å². The fourth-order valence-corrected chi connectivity index (χ4v) is 2.64. The van der Waals surface area contributed by atoms with Crippen LogP contribution in [0.2, 0.25) is 0 Å². The van der Waals surface area contributed by atoms with Crippen LogP contribution in [-0.2, 0) is 9.53 Å². The quantitative estimate of drug-likeness (QED) is 0.205. The molecule has 1 rings (SSSR count). The van der Waals surface area contributed by atoms with Crippen LogP contribution >= 0.6 is 0 Å². The lowest BCUT2D eigenvalue weighted by atomic mass is 10.1. The predicted molar refractivity (Wildman–Crippen MR) is 93.9 cm³/mol. The number of carbonyl (C=O) groups excluding carboxylic acids is 1. The van der Waals surface area contributed by atoms with Crippen molar-refractivity contribution in [3.05, 3.63) is 12.2 Å². The minimum atomic E-state index is 0.000630. The van der Waals surface area contributed by atoms with Gasteiger partial charge in [-0.05, 0) is 38.0 Å². The zero-order valence-corrected chi connectivity index (χ0v) is 14.7. The maximum Gasteiger partial charge on any atom is 0.305 e. The van der Waals surface area contributed by atoms with Crippen molar-refractivity contribution in [2.75, 3.05) is 6.61 Å². The monoisotopic (exact) mass is 308 g/mol. The number of rotatable bonds is 15. The summed E-state index contributed by atoms with van der Waals surface area (Å²) in [5.74, 6) is 1.03. The molecule has 0 spiro atoms. The highest BCUT2D eigenvalue weighted by Crippen LogP contribution is 2.33. The Morgan fingerprint density at radius 1 is 0.955 bits per heavy atom. The van der Waals surface area contributed by atoms with Crippen molar-refractivity contribution in [2.45, 2.75) is 96.8 Å². The minimum Gasteiger partial charge on any atom is -0.466 e. The smallest absolute Gasteiger partial charge is 0.305 e. The first-order valence-electron chi connectivity index (χ1n) is 9.63. The van der Waals surface area contributed by atoms with E-state index < -0.39 is 0 Å². The highest BCUT2D eigenvalue weighted by molar-refractivity contribution is 5.69. The molecule has 1 aliphatic carbocycles. The maximum atomic E-state index is 11.6. The molecule has 0 amide bonds. The summed E-state index contributed by atoms with van der Waals surface area (Å²) < 4.78 is 5.28. The van der Waals surface area contributed by atoms with E-state index in [1.807, 2.05) is 0 Å². The average molecular weight is 309 g/mol. The molecular formula is C20H36O2. The summed E-state index contributed by atoms with van der Waals surface area (Å²) in [6, 6.07) is 0. The van der Waals surface area contributed by atoms with E-state index in [4.69, 9.17) is 4.74 Å². The molecule has 0 radical (unpaired) electrons. The van der Waals surface area contributed by atoms with Gasteiger partial charge in [0.05, 0.1) is 6.61 Å². The van der Waals surface area contributed by atoms with E-state index >= 15 is 0 Å². The molecule has 0 unspecified atom stereocenters. The maximum absolute atomic E-state index is 11.6. The Morgan fingerprint density at radius 2 is 1.68 bits per heavy atom. The molecule has 0 aromatic carbocycles. The van der Waals surface area contributed by atoms with E-state index in [1.54, 1.807) is 0 Å². The number of ether oxygens (including phenoxy) is 1. The zero-order chi connectivity index (χ0) is 15.9. The fraction of sp³-hybridized carbons (Fsp3) is 0.850. The Balaban J connectivity index is 1.75. The van der Waals surface area contributed by atoms with Crippen LogP contribution in [0.3, 0.4) is 0 Å². The minimum absolute atomic E-state index is 0.000630. The first-order chi connectivity index (χ1) is 10.8. The molecule has 22 heavy (non-hydrogen) atoms. The van der Waals surface area contributed by atoms with Gasteiger partial charge in [0.15, 0.2) is 0 Å². The molecule has 128 valence electrons. The van der Waals surface area contributed by atoms with Crippen molar-refractivity contribution in [3.8, 4) is 0 Å². The van der Waals surface area contributed by atoms with Gasteiger partial charge in [0, 0.05) is 6.42 Å². The normalized spacial score (nSPS) is 14.6. The van der Waals surface area contributed by atoms with E-state index in [0.29, 0.717) is 13.0 Å². The van der Waals surface area contributed by atoms with Gasteiger partial charge >= 0.3 is 5.97 Å². The van der Waals surface area contributed by atoms with Crippen LogP contribution in [-0.4, -0.2) is 12.6 Å². The van der Waals surface area contributed by atoms with Gasteiger partial charge in [0.2, 0.25) is 0 Å². The van der Waals surface area contributed by atoms with Crippen LogP contribution in [0.4, 0.5) is 0 Å². The van der Waals surface area contributed by atoms with E-state index in [-0.39, 0.29) is 5.97 Å². The SMILES string of the molecule is CCCC/C=C\CCCCCC(=O)OCCCCCC1CC1. The molecule has 1 saturated carbocycles. The average Bonchev–Trinajstić information content (AvgIpc) is 3.33. The van der Waals surface area contributed by atoms with Crippen LogP contribution in [0.15, 0.2) is 12.2 Å². The summed E-state index contributed by atoms with van der Waals surface area (Å²) in [4.78, 5) is 11.6. The number of unbranched alkanes of at least 4 members (excludes halogenated alkanes) is 7. The van der Waals surface area contributed by atoms with E-state index in [2.05, 4.69) is 19.1 Å². The van der Waals surface area contributed by atoms with Crippen molar-refractivity contribution in [2.24, 2.45) is 5.92 Å². The number of allylic oxidation sites excluding steroid dienone is 2. The third-order valence-corrected chi connectivity index (χ3v) is 4.36. The lowest BCUT2D eigenvalue weighted by Crippen LogP contribution is -2.05. The summed E-state index contributed by atoms with van der Waals surface area (Å²) >= 11 is 0. The molecule has 0 atom stereocenters. The Kier molecular flexibility index (Phi) is 12.1. The van der Waals surface area contributed by atoms with Gasteiger partial charge in [-0.1, -0.05) is 70.4 Å². The van der Waals surface area contributed by atoms with E-state index in [1.165, 1.54) is 57.8 Å². The van der Waals surface area contributed by atoms with E-state index in [0.717, 1.165) is 31.6 Å². The second-order valence-corrected chi connectivity index (χ2v) is 6.73. The Morgan fingerprint density at radius 3 is 2.41 bits per heavy atom. The van der Waals surface area contributed by atoms with Crippen molar-refractivity contribution >= 4 is 5.97 Å². The molecule has 0 aliphatic heterocycles. The Hall–Kier alpha value is -0.790. The van der Waals surface area contributed by atoms with Crippen LogP contribution in [0, 0.1) is 5.92 Å². The van der Waals surface area contributed by atoms with Gasteiger partial charge in [-0.2, -0.15) is 0 Å². The van der Waals surface area contributed by atoms with Gasteiger partial charge < -0.3 is 4.74 Å². The molecule has 2 heteroatoms. The van der Waals surface area contributed by atoms with Gasteiger partial charge in [-0.3, -0.25) is 4.79 Å². The number of carbonyl (C=O) groups is 1. The Labute approximate surface area is 137 Å². The molecule has 0 N–H and O–H groups in total. The summed E-state index contributed by atoms with van der Waals surface area (Å²) in [6.45, 7) is 2.85. The van der Waals surface area contributed by atoms with Gasteiger partial charge in [-0.25, -0.2) is 0 Å². The summed E-state index contributed by atoms with van der Waals surface area (Å²) in [6.07, 6.45) is 21.3. The Bertz CT molecular complexity index is 292. The predicted octanol–water partition coefficient (Wildman–Crippen LogP) is 6.20. The zero-order valence-electron chi connectivity index (χ0n) is 14.7. The molecule has 1 aliphatic rings. The summed E-state index contributed by atoms with van der Waals surface area (Å²) in [5, 5.41) is 0. The number of hydrogen-bond donors (Lipinski definition) is 0.